The molecule has 0 unspecified atom stereocenters. The smallest absolute Gasteiger partial charge is 0.457 e. The lowest BCUT2D eigenvalue weighted by molar-refractivity contribution is 0.00578. The molecule has 5 aliphatic rings. The molecular formula is C94H62BClN6O4. The summed E-state index contributed by atoms with van der Waals surface area (Å²) < 4.78 is 26.6. The molecule has 4 aromatic heterocycles. The van der Waals surface area contributed by atoms with E-state index in [4.69, 9.17) is 50.6 Å². The zero-order valence-corrected chi connectivity index (χ0v) is 58.9. The number of halogens is 1. The molecule has 0 saturated carbocycles. The first-order valence-electron chi connectivity index (χ1n) is 35.5. The second kappa shape index (κ2) is 24.7. The van der Waals surface area contributed by atoms with E-state index in [2.05, 4.69) is 245 Å². The fourth-order valence-corrected chi connectivity index (χ4v) is 16.7. The minimum atomic E-state index is -0.533. The quantitative estimate of drug-likeness (QED) is 0.0951. The van der Waals surface area contributed by atoms with Gasteiger partial charge in [-0.25, -0.2) is 19.9 Å². The lowest BCUT2D eigenvalue weighted by atomic mass is 9.64. The Morgan fingerprint density at radius 2 is 0.642 bits per heavy atom. The van der Waals surface area contributed by atoms with E-state index >= 15 is 0 Å². The fourth-order valence-electron chi connectivity index (χ4n) is 16.5. The zero-order valence-electron chi connectivity index (χ0n) is 58.1. The van der Waals surface area contributed by atoms with Crippen molar-refractivity contribution < 1.29 is 18.8 Å². The van der Waals surface area contributed by atoms with Gasteiger partial charge in [0, 0.05) is 66.0 Å². The van der Waals surface area contributed by atoms with Gasteiger partial charge in [-0.15, -0.1) is 0 Å². The highest BCUT2D eigenvalue weighted by molar-refractivity contribution is 6.63. The SMILES string of the molecule is CC1(C)OB(c2cccc3c2Oc2ccccc2C32c3ccccc3-c3ccccc32)OC1(C)C.N#Cc1ccc(-c2ccc3ccc4ccc(-c5cccc6c5Oc5ccccc5C65c6ccccc6-c6ccccc65)nc4c3n2)cc1.N#Cc1ccc(-c2ccc3ccc4ccc(Cl)nc4c3n2)cc1. The number of para-hydroxylation sites is 4. The molecule has 10 nitrogen and oxygen atoms in total. The molecule has 1 saturated heterocycles. The van der Waals surface area contributed by atoms with Crippen molar-refractivity contribution in [2.24, 2.45) is 0 Å². The summed E-state index contributed by atoms with van der Waals surface area (Å²) in [5, 5.41) is 22.7. The van der Waals surface area contributed by atoms with Gasteiger partial charge >= 0.3 is 7.12 Å². The van der Waals surface area contributed by atoms with Gasteiger partial charge < -0.3 is 18.8 Å². The van der Waals surface area contributed by atoms with Gasteiger partial charge in [-0.1, -0.05) is 242 Å². The van der Waals surface area contributed by atoms with Gasteiger partial charge in [0.1, 0.15) is 28.2 Å². The Labute approximate surface area is 618 Å². The van der Waals surface area contributed by atoms with E-state index in [1.165, 1.54) is 44.5 Å². The third kappa shape index (κ3) is 9.85. The summed E-state index contributed by atoms with van der Waals surface area (Å²) in [6, 6.07) is 108. The van der Waals surface area contributed by atoms with Crippen LogP contribution >= 0.6 is 11.6 Å². The summed E-state index contributed by atoms with van der Waals surface area (Å²) >= 11 is 6.04. The Morgan fingerprint density at radius 1 is 0.311 bits per heavy atom. The van der Waals surface area contributed by atoms with Crippen LogP contribution in [0.1, 0.15) is 83.3 Å². The Morgan fingerprint density at radius 3 is 1.08 bits per heavy atom. The van der Waals surface area contributed by atoms with E-state index in [-0.39, 0.29) is 0 Å². The van der Waals surface area contributed by atoms with Crippen LogP contribution < -0.4 is 14.9 Å². The van der Waals surface area contributed by atoms with E-state index in [1.54, 1.807) is 18.2 Å². The summed E-state index contributed by atoms with van der Waals surface area (Å²) in [6.07, 6.45) is 0. The van der Waals surface area contributed by atoms with Gasteiger partial charge in [0.2, 0.25) is 0 Å². The first-order valence-corrected chi connectivity index (χ1v) is 35.8. The highest BCUT2D eigenvalue weighted by atomic mass is 35.5. The van der Waals surface area contributed by atoms with E-state index < -0.39 is 29.2 Å². The molecule has 0 bridgehead atoms. The first-order chi connectivity index (χ1) is 51.8. The Balaban J connectivity index is 0.000000116. The zero-order chi connectivity index (χ0) is 71.6. The third-order valence-electron chi connectivity index (χ3n) is 22.2. The number of benzene rings is 12. The Hall–Kier alpha value is -12.9. The number of nitrogens with zero attached hydrogens (tertiary/aromatic N) is 6. The van der Waals surface area contributed by atoms with Gasteiger partial charge in [0.15, 0.2) is 0 Å². The van der Waals surface area contributed by atoms with Gasteiger partial charge in [0.25, 0.3) is 0 Å². The Kier molecular flexibility index (Phi) is 14.9. The van der Waals surface area contributed by atoms with Crippen LogP contribution in [0.2, 0.25) is 5.15 Å². The number of rotatable bonds is 4. The van der Waals surface area contributed by atoms with Gasteiger partial charge in [-0.2, -0.15) is 10.5 Å². The van der Waals surface area contributed by atoms with E-state index in [9.17, 15) is 5.26 Å². The van der Waals surface area contributed by atoms with Crippen molar-refractivity contribution in [3.8, 4) is 91.2 Å². The van der Waals surface area contributed by atoms with Crippen LogP contribution in [0.5, 0.6) is 23.0 Å². The van der Waals surface area contributed by atoms with Gasteiger partial charge in [-0.05, 0) is 145 Å². The number of hydrogen-bond donors (Lipinski definition) is 0. The molecule has 2 aliphatic carbocycles. The third-order valence-corrected chi connectivity index (χ3v) is 22.4. The van der Waals surface area contributed by atoms with Gasteiger partial charge in [-0.3, -0.25) is 0 Å². The summed E-state index contributed by atoms with van der Waals surface area (Å²) in [7, 11) is -0.510. The lowest BCUT2D eigenvalue weighted by Gasteiger charge is -2.40. The molecule has 1 fully saturated rings. The number of fused-ring (bicyclic) bond motifs is 24. The molecule has 0 radical (unpaired) electrons. The highest BCUT2D eigenvalue weighted by Crippen LogP contribution is 2.64. The average Bonchev–Trinajstić information content (AvgIpc) is 1.49. The predicted octanol–water partition coefficient (Wildman–Crippen LogP) is 21.9. The van der Waals surface area contributed by atoms with E-state index in [0.29, 0.717) is 16.3 Å². The minimum Gasteiger partial charge on any atom is -0.457 e. The maximum atomic E-state index is 9.26. The van der Waals surface area contributed by atoms with Crippen molar-refractivity contribution in [2.75, 3.05) is 0 Å². The Bertz CT molecular complexity index is 6330. The van der Waals surface area contributed by atoms with E-state index in [1.807, 2.05) is 84.9 Å². The molecule has 3 aliphatic heterocycles. The number of ether oxygens (including phenoxy) is 2. The standard InChI is InChI=1S/C44H25N3O.C31H27BO3.C19H10ClN3/c45-26-27-16-18-28(19-17-27)38-24-22-29-20-21-30-23-25-39(47-42(30)41(29)46-38)33-10-7-14-37-43(33)48-40-15-6-5-13-36(40)44(37)34-11-3-1-8-31(34)32-9-2-4-12-35(32)44;1-29(2)30(3,4)35-32(34-29)26-18-11-17-25-28(26)33-27-19-10-9-16-24(27)31(25)22-14-7-5-12-20(22)21-13-6-8-15-23(21)31;20-17-10-8-15-6-5-14-7-9-16(22-18(14)19(15)23-17)13-3-1-12(11-21)2-4-13/h1-25H;5-19H,1-4H3;1-10H. The molecule has 12 heteroatoms. The normalized spacial score (nSPS) is 14.8. The molecule has 21 rings (SSSR count). The first kappa shape index (κ1) is 64.0. The van der Waals surface area contributed by atoms with Crippen LogP contribution in [-0.2, 0) is 20.1 Å². The van der Waals surface area contributed by atoms with Crippen LogP contribution in [0.4, 0.5) is 0 Å². The monoisotopic (exact) mass is 1380 g/mol. The van der Waals surface area contributed by atoms with Crippen molar-refractivity contribution >= 4 is 67.8 Å². The van der Waals surface area contributed by atoms with Crippen LogP contribution in [0.3, 0.4) is 0 Å². The van der Waals surface area contributed by atoms with Gasteiger partial charge in [0.05, 0.1) is 84.4 Å². The highest BCUT2D eigenvalue weighted by Gasteiger charge is 2.56. The predicted molar refractivity (Wildman–Crippen MR) is 422 cm³/mol. The maximum Gasteiger partial charge on any atom is 0.498 e. The largest absolute Gasteiger partial charge is 0.498 e. The second-order valence-electron chi connectivity index (χ2n) is 28.4. The summed E-state index contributed by atoms with van der Waals surface area (Å²) in [5.41, 5.74) is 23.6. The van der Waals surface area contributed by atoms with Crippen molar-refractivity contribution in [3.63, 3.8) is 0 Å². The molecule has 106 heavy (non-hydrogen) atoms. The molecule has 2 spiro atoms. The topological polar surface area (TPSA) is 136 Å². The number of pyridine rings is 4. The maximum absolute atomic E-state index is 9.26. The molecule has 0 amide bonds. The van der Waals surface area contributed by atoms with Crippen LogP contribution in [0.15, 0.2) is 303 Å². The second-order valence-corrected chi connectivity index (χ2v) is 28.8. The molecule has 0 atom stereocenters. The molecular weight excluding hydrogens is 1320 g/mol. The summed E-state index contributed by atoms with van der Waals surface area (Å²) in [4.78, 5) is 19.6. The van der Waals surface area contributed by atoms with Crippen molar-refractivity contribution in [1.29, 1.82) is 10.5 Å². The fraction of sp³-hybridized carbons (Fsp3) is 0.0851. The van der Waals surface area contributed by atoms with E-state index in [0.717, 1.165) is 128 Å². The van der Waals surface area contributed by atoms with Crippen LogP contribution in [0.25, 0.3) is 99.6 Å². The number of aromatic nitrogens is 4. The molecule has 7 heterocycles. The van der Waals surface area contributed by atoms with Crippen molar-refractivity contribution in [1.82, 2.24) is 19.9 Å². The van der Waals surface area contributed by atoms with Crippen molar-refractivity contribution in [2.45, 2.75) is 49.7 Å². The molecule has 16 aromatic rings. The van der Waals surface area contributed by atoms with Crippen LogP contribution in [0, 0.1) is 22.7 Å². The number of hydrogen-bond acceptors (Lipinski definition) is 10. The molecule has 0 N–H and O–H groups in total. The summed E-state index contributed by atoms with van der Waals surface area (Å²) in [6.45, 7) is 8.35. The molecule has 12 aromatic carbocycles. The minimum absolute atomic E-state index is 0.433. The van der Waals surface area contributed by atoms with Crippen molar-refractivity contribution in [3.05, 3.63) is 364 Å². The average molecular weight is 1390 g/mol. The van der Waals surface area contributed by atoms with Crippen LogP contribution in [-0.4, -0.2) is 38.3 Å². The summed E-state index contributed by atoms with van der Waals surface area (Å²) in [5.74, 6) is 3.37. The molecule has 502 valence electrons. The lowest BCUT2D eigenvalue weighted by Crippen LogP contribution is -2.41. The number of nitriles is 2.